The van der Waals surface area contributed by atoms with Gasteiger partial charge in [-0.25, -0.2) is 0 Å². The van der Waals surface area contributed by atoms with Crippen LogP contribution in [0, 0.1) is 11.8 Å². The summed E-state index contributed by atoms with van der Waals surface area (Å²) in [6.07, 6.45) is 7.05. The molecule has 0 aromatic carbocycles. The smallest absolute Gasteiger partial charge is 0.122 e. The maximum Gasteiger partial charge on any atom is 0.122 e. The van der Waals surface area contributed by atoms with Crippen molar-refractivity contribution in [1.82, 2.24) is 0 Å². The molecule has 0 aromatic rings. The van der Waals surface area contributed by atoms with Gasteiger partial charge in [0.2, 0.25) is 0 Å². The van der Waals surface area contributed by atoms with Gasteiger partial charge in [-0.05, 0) is 25.2 Å². The highest BCUT2D eigenvalue weighted by molar-refractivity contribution is 5.51. The van der Waals surface area contributed by atoms with Crippen LogP contribution in [-0.2, 0) is 4.79 Å². The average Bonchev–Trinajstić information content (AvgIpc) is 2.18. The number of aliphatic hydroxyl groups is 1. The van der Waals surface area contributed by atoms with Crippen LogP contribution in [0.15, 0.2) is 0 Å². The van der Waals surface area contributed by atoms with Gasteiger partial charge in [-0.15, -0.1) is 0 Å². The van der Waals surface area contributed by atoms with Gasteiger partial charge in [0.1, 0.15) is 6.29 Å². The Kier molecular flexibility index (Phi) is 4.11. The highest BCUT2D eigenvalue weighted by Crippen LogP contribution is 2.40. The topological polar surface area (TPSA) is 37.3 Å². The fraction of sp³-hybridized carbons (Fsp3) is 0.917. The highest BCUT2D eigenvalue weighted by Gasteiger charge is 2.37. The van der Waals surface area contributed by atoms with Crippen molar-refractivity contribution >= 4 is 6.29 Å². The second-order valence-corrected chi connectivity index (χ2v) is 4.79. The Hall–Kier alpha value is -0.370. The Morgan fingerprint density at radius 3 is 2.64 bits per heavy atom. The van der Waals surface area contributed by atoms with Crippen LogP contribution in [0.5, 0.6) is 0 Å². The molecule has 14 heavy (non-hydrogen) atoms. The van der Waals surface area contributed by atoms with E-state index in [1.807, 2.05) is 6.92 Å². The van der Waals surface area contributed by atoms with Crippen LogP contribution in [-0.4, -0.2) is 17.0 Å². The van der Waals surface area contributed by atoms with E-state index in [1.165, 1.54) is 19.3 Å². The average molecular weight is 198 g/mol. The molecular formula is C12H22O2. The van der Waals surface area contributed by atoms with E-state index in [4.69, 9.17) is 0 Å². The molecule has 0 amide bonds. The van der Waals surface area contributed by atoms with Crippen molar-refractivity contribution in [2.45, 2.75) is 58.0 Å². The van der Waals surface area contributed by atoms with Crippen molar-refractivity contribution in [2.24, 2.45) is 11.8 Å². The normalized spacial score (nSPS) is 32.2. The van der Waals surface area contributed by atoms with Crippen LogP contribution in [0.3, 0.4) is 0 Å². The van der Waals surface area contributed by atoms with E-state index in [9.17, 15) is 9.90 Å². The van der Waals surface area contributed by atoms with Crippen LogP contribution in [0.1, 0.15) is 52.4 Å². The van der Waals surface area contributed by atoms with E-state index in [1.54, 1.807) is 0 Å². The fourth-order valence-corrected chi connectivity index (χ4v) is 2.84. The maximum absolute atomic E-state index is 10.5. The molecule has 0 radical (unpaired) electrons. The minimum atomic E-state index is -0.775. The van der Waals surface area contributed by atoms with Crippen molar-refractivity contribution in [1.29, 1.82) is 0 Å². The molecule has 1 aliphatic carbocycles. The first-order valence-electron chi connectivity index (χ1n) is 5.77. The standard InChI is InChI=1S/C12H22O2/c1-3-10-6-4-5-7-11(10)12(2,14)8-9-13/h9-11,14H,3-8H2,1-2H3. The van der Waals surface area contributed by atoms with Gasteiger partial charge < -0.3 is 9.90 Å². The Morgan fingerprint density at radius 2 is 2.07 bits per heavy atom. The summed E-state index contributed by atoms with van der Waals surface area (Å²) in [6.45, 7) is 4.00. The molecule has 1 fully saturated rings. The van der Waals surface area contributed by atoms with Gasteiger partial charge in [0.05, 0.1) is 5.60 Å². The molecule has 82 valence electrons. The zero-order valence-corrected chi connectivity index (χ0v) is 9.33. The number of carbonyl (C=O) groups excluding carboxylic acids is 1. The first kappa shape index (κ1) is 11.7. The first-order valence-corrected chi connectivity index (χ1v) is 5.77. The van der Waals surface area contributed by atoms with Crippen molar-refractivity contribution in [3.63, 3.8) is 0 Å². The van der Waals surface area contributed by atoms with Crippen LogP contribution >= 0.6 is 0 Å². The third kappa shape index (κ3) is 2.57. The molecule has 0 bridgehead atoms. The number of hydrogen-bond acceptors (Lipinski definition) is 2. The minimum absolute atomic E-state index is 0.286. The first-order chi connectivity index (χ1) is 6.61. The molecule has 3 atom stereocenters. The van der Waals surface area contributed by atoms with Crippen molar-refractivity contribution in [3.05, 3.63) is 0 Å². The molecular weight excluding hydrogens is 176 g/mol. The van der Waals surface area contributed by atoms with Gasteiger partial charge in [0.25, 0.3) is 0 Å². The quantitative estimate of drug-likeness (QED) is 0.705. The van der Waals surface area contributed by atoms with Gasteiger partial charge >= 0.3 is 0 Å². The summed E-state index contributed by atoms with van der Waals surface area (Å²) in [7, 11) is 0. The Morgan fingerprint density at radius 1 is 1.43 bits per heavy atom. The van der Waals surface area contributed by atoms with Crippen LogP contribution in [0.2, 0.25) is 0 Å². The predicted molar refractivity (Wildman–Crippen MR) is 57.0 cm³/mol. The third-order valence-electron chi connectivity index (χ3n) is 3.73. The zero-order chi connectivity index (χ0) is 10.6. The summed E-state index contributed by atoms with van der Waals surface area (Å²) in [4.78, 5) is 10.5. The zero-order valence-electron chi connectivity index (χ0n) is 9.33. The monoisotopic (exact) mass is 198 g/mol. The molecule has 1 N–H and O–H groups in total. The molecule has 0 saturated heterocycles. The molecule has 2 nitrogen and oxygen atoms in total. The van der Waals surface area contributed by atoms with E-state index in [2.05, 4.69) is 6.92 Å². The molecule has 0 spiro atoms. The summed E-state index contributed by atoms with van der Waals surface area (Å²) in [5.74, 6) is 0.935. The van der Waals surface area contributed by atoms with Crippen LogP contribution < -0.4 is 0 Å². The van der Waals surface area contributed by atoms with Gasteiger partial charge in [-0.2, -0.15) is 0 Å². The summed E-state index contributed by atoms with van der Waals surface area (Å²) in [5.41, 5.74) is -0.775. The number of hydrogen-bond donors (Lipinski definition) is 1. The molecule has 0 aliphatic heterocycles. The van der Waals surface area contributed by atoms with E-state index in [0.29, 0.717) is 11.8 Å². The second kappa shape index (κ2) is 4.92. The molecule has 0 heterocycles. The SMILES string of the molecule is CCC1CCCCC1C(C)(O)CC=O. The molecule has 1 aliphatic rings. The lowest BCUT2D eigenvalue weighted by Gasteiger charge is -2.40. The molecule has 1 saturated carbocycles. The maximum atomic E-state index is 10.5. The predicted octanol–water partition coefficient (Wildman–Crippen LogP) is 2.54. The van der Waals surface area contributed by atoms with Gasteiger partial charge in [-0.1, -0.05) is 32.6 Å². The highest BCUT2D eigenvalue weighted by atomic mass is 16.3. The minimum Gasteiger partial charge on any atom is -0.389 e. The fourth-order valence-electron chi connectivity index (χ4n) is 2.84. The summed E-state index contributed by atoms with van der Waals surface area (Å²) in [6, 6.07) is 0. The van der Waals surface area contributed by atoms with Crippen molar-refractivity contribution in [2.75, 3.05) is 0 Å². The largest absolute Gasteiger partial charge is 0.389 e. The van der Waals surface area contributed by atoms with E-state index >= 15 is 0 Å². The third-order valence-corrected chi connectivity index (χ3v) is 3.73. The number of aldehydes is 1. The van der Waals surface area contributed by atoms with Crippen molar-refractivity contribution < 1.29 is 9.90 Å². The van der Waals surface area contributed by atoms with E-state index in [-0.39, 0.29) is 6.42 Å². The Labute approximate surface area is 86.7 Å². The molecule has 2 heteroatoms. The van der Waals surface area contributed by atoms with E-state index in [0.717, 1.165) is 19.1 Å². The lowest BCUT2D eigenvalue weighted by molar-refractivity contribution is -0.116. The summed E-state index contributed by atoms with van der Waals surface area (Å²) >= 11 is 0. The Bertz CT molecular complexity index is 187. The summed E-state index contributed by atoms with van der Waals surface area (Å²) in [5, 5.41) is 10.2. The lowest BCUT2D eigenvalue weighted by Crippen LogP contribution is -2.41. The van der Waals surface area contributed by atoms with Crippen molar-refractivity contribution in [3.8, 4) is 0 Å². The number of rotatable bonds is 4. The van der Waals surface area contributed by atoms with Gasteiger partial charge in [-0.3, -0.25) is 0 Å². The van der Waals surface area contributed by atoms with Crippen LogP contribution in [0.25, 0.3) is 0 Å². The second-order valence-electron chi connectivity index (χ2n) is 4.79. The number of carbonyl (C=O) groups is 1. The van der Waals surface area contributed by atoms with Gasteiger partial charge in [0.15, 0.2) is 0 Å². The van der Waals surface area contributed by atoms with Crippen LogP contribution in [0.4, 0.5) is 0 Å². The lowest BCUT2D eigenvalue weighted by atomic mass is 9.69. The van der Waals surface area contributed by atoms with E-state index < -0.39 is 5.60 Å². The molecule has 3 unspecified atom stereocenters. The Balaban J connectivity index is 2.66. The molecule has 1 rings (SSSR count). The molecule has 0 aromatic heterocycles. The summed E-state index contributed by atoms with van der Waals surface area (Å²) < 4.78 is 0. The van der Waals surface area contributed by atoms with Gasteiger partial charge in [0, 0.05) is 6.42 Å².